The molecule has 0 radical (unpaired) electrons. The van der Waals surface area contributed by atoms with E-state index in [1.54, 1.807) is 0 Å². The first-order chi connectivity index (χ1) is 12.1. The molecule has 1 saturated heterocycles. The van der Waals surface area contributed by atoms with Gasteiger partial charge in [0.2, 0.25) is 0 Å². The number of fused-ring (bicyclic) bond motifs is 2. The molecule has 0 saturated carbocycles. The summed E-state index contributed by atoms with van der Waals surface area (Å²) in [6, 6.07) is 0.0381. The Balaban J connectivity index is 2.07. The Labute approximate surface area is 154 Å². The average molecular weight is 381 g/mol. The number of hydrogen-bond donors (Lipinski definition) is 0. The summed E-state index contributed by atoms with van der Waals surface area (Å²) in [6.07, 6.45) is 3.00. The molecule has 0 bridgehead atoms. The molecule has 5 nitrogen and oxygen atoms in total. The maximum absolute atomic E-state index is 14.7. The van der Waals surface area contributed by atoms with Crippen LogP contribution in [0, 0.1) is 5.82 Å². The second-order valence-corrected chi connectivity index (χ2v) is 7.68. The van der Waals surface area contributed by atoms with E-state index in [1.807, 2.05) is 13.8 Å². The fourth-order valence-corrected chi connectivity index (χ4v) is 4.10. The van der Waals surface area contributed by atoms with Gasteiger partial charge in [0.25, 0.3) is 0 Å². The first kappa shape index (κ1) is 17.0. The molecule has 2 aliphatic heterocycles. The van der Waals surface area contributed by atoms with E-state index >= 15 is 0 Å². The van der Waals surface area contributed by atoms with E-state index in [2.05, 4.69) is 20.9 Å². The topological polar surface area (TPSA) is 51.1 Å². The van der Waals surface area contributed by atoms with Crippen molar-refractivity contribution in [3.8, 4) is 0 Å². The maximum Gasteiger partial charge on any atom is 0.190 e. The van der Waals surface area contributed by atoms with Crippen molar-refractivity contribution in [3.05, 3.63) is 22.7 Å². The third-order valence-corrected chi connectivity index (χ3v) is 5.42. The van der Waals surface area contributed by atoms with E-state index in [-0.39, 0.29) is 16.7 Å². The van der Waals surface area contributed by atoms with Gasteiger partial charge < -0.3 is 9.64 Å². The quantitative estimate of drug-likeness (QED) is 0.447. The number of thioether (sulfide) groups is 1. The monoisotopic (exact) mass is 380 g/mol. The molecule has 1 fully saturated rings. The van der Waals surface area contributed by atoms with E-state index in [9.17, 15) is 4.39 Å². The number of anilines is 1. The van der Waals surface area contributed by atoms with Gasteiger partial charge in [0.15, 0.2) is 16.1 Å². The van der Waals surface area contributed by atoms with Crippen LogP contribution in [0.25, 0.3) is 16.5 Å². The van der Waals surface area contributed by atoms with Gasteiger partial charge in [-0.2, -0.15) is 0 Å². The lowest BCUT2D eigenvalue weighted by atomic mass is 10.1. The summed E-state index contributed by atoms with van der Waals surface area (Å²) in [5, 5.41) is 1.04. The second-order valence-electron chi connectivity index (χ2n) is 6.09. The first-order valence-electron chi connectivity index (χ1n) is 8.33. The highest BCUT2D eigenvalue weighted by Crippen LogP contribution is 2.39. The predicted molar refractivity (Wildman–Crippen MR) is 98.9 cm³/mol. The molecule has 2 aromatic rings. The second kappa shape index (κ2) is 6.70. The third-order valence-electron chi connectivity index (χ3n) is 4.44. The fourth-order valence-electron chi connectivity index (χ4n) is 3.36. The fraction of sp³-hybridized carbons (Fsp3) is 0.471. The van der Waals surface area contributed by atoms with Gasteiger partial charge in [-0.3, -0.25) is 0 Å². The highest BCUT2D eigenvalue weighted by molar-refractivity contribution is 7.99. The van der Waals surface area contributed by atoms with Crippen LogP contribution < -0.4 is 4.90 Å². The minimum Gasteiger partial charge on any atom is -0.379 e. The molecule has 0 N–H and O–H groups in total. The van der Waals surface area contributed by atoms with Crippen LogP contribution in [0.4, 0.5) is 10.2 Å². The molecule has 2 aliphatic rings. The molecule has 0 aliphatic carbocycles. The number of halogens is 2. The smallest absolute Gasteiger partial charge is 0.190 e. The highest BCUT2D eigenvalue weighted by Gasteiger charge is 2.30. The number of allylic oxidation sites excluding steroid dienone is 1. The molecule has 4 rings (SSSR count). The van der Waals surface area contributed by atoms with Crippen LogP contribution >= 0.6 is 23.4 Å². The first-order valence-corrected chi connectivity index (χ1v) is 9.69. The van der Waals surface area contributed by atoms with Gasteiger partial charge in [-0.25, -0.2) is 19.3 Å². The van der Waals surface area contributed by atoms with Crippen molar-refractivity contribution in [1.29, 1.82) is 0 Å². The Morgan fingerprint density at radius 3 is 3.04 bits per heavy atom. The summed E-state index contributed by atoms with van der Waals surface area (Å²) in [7, 11) is 0. The number of rotatable bonds is 2. The van der Waals surface area contributed by atoms with Crippen molar-refractivity contribution in [2.24, 2.45) is 0 Å². The molecule has 4 heterocycles. The predicted octanol–water partition coefficient (Wildman–Crippen LogP) is 3.94. The van der Waals surface area contributed by atoms with E-state index < -0.39 is 5.82 Å². The summed E-state index contributed by atoms with van der Waals surface area (Å²) >= 11 is 7.55. The van der Waals surface area contributed by atoms with E-state index in [0.717, 1.165) is 30.1 Å². The summed E-state index contributed by atoms with van der Waals surface area (Å²) in [5.41, 5.74) is 1.83. The van der Waals surface area contributed by atoms with Gasteiger partial charge >= 0.3 is 0 Å². The van der Waals surface area contributed by atoms with Crippen molar-refractivity contribution in [3.63, 3.8) is 0 Å². The van der Waals surface area contributed by atoms with Gasteiger partial charge in [0.05, 0.1) is 23.7 Å². The van der Waals surface area contributed by atoms with Crippen LogP contribution in [-0.2, 0) is 4.74 Å². The number of aromatic nitrogens is 3. The van der Waals surface area contributed by atoms with Gasteiger partial charge in [-0.05, 0) is 24.7 Å². The molecular formula is C17H18ClFN4OS. The Bertz CT molecular complexity index is 876. The van der Waals surface area contributed by atoms with Crippen LogP contribution in [0.5, 0.6) is 0 Å². The van der Waals surface area contributed by atoms with E-state index in [0.29, 0.717) is 29.5 Å². The minimum absolute atomic E-state index is 0.0381. The van der Waals surface area contributed by atoms with Crippen molar-refractivity contribution in [2.45, 2.75) is 31.5 Å². The SMILES string of the molecule is CCSc1nc2c3c(nc(Cl)c(F)c3n1)C(C)=C[C@H]1COCCCN21. The normalized spacial score (nSPS) is 20.1. The molecule has 1 atom stereocenters. The standard InChI is InChI=1S/C17H18ClFN4OS/c1-3-25-17-21-14-11-13(20-15(18)12(14)19)9(2)7-10-8-24-6-4-5-23(10)16(11)22-17/h7,10H,3-6,8H2,1-2H3/t10-/m0/s1. The number of hydrogen-bond acceptors (Lipinski definition) is 6. The van der Waals surface area contributed by atoms with E-state index in [1.165, 1.54) is 11.8 Å². The van der Waals surface area contributed by atoms with Crippen molar-refractivity contribution < 1.29 is 9.13 Å². The lowest BCUT2D eigenvalue weighted by Crippen LogP contribution is -2.36. The third kappa shape index (κ3) is 2.88. The molecule has 8 heteroatoms. The molecule has 0 aromatic carbocycles. The summed E-state index contributed by atoms with van der Waals surface area (Å²) in [5.74, 6) is 0.948. The Morgan fingerprint density at radius 2 is 2.24 bits per heavy atom. The minimum atomic E-state index is -0.584. The van der Waals surface area contributed by atoms with Crippen LogP contribution in [0.3, 0.4) is 0 Å². The van der Waals surface area contributed by atoms with E-state index in [4.69, 9.17) is 21.3 Å². The van der Waals surface area contributed by atoms with Crippen LogP contribution in [0.2, 0.25) is 5.15 Å². The Kier molecular flexibility index (Phi) is 4.56. The number of nitrogens with zero attached hydrogens (tertiary/aromatic N) is 4. The van der Waals surface area contributed by atoms with Crippen molar-refractivity contribution in [2.75, 3.05) is 30.4 Å². The molecule has 0 unspecified atom stereocenters. The largest absolute Gasteiger partial charge is 0.379 e. The maximum atomic E-state index is 14.7. The van der Waals surface area contributed by atoms with Gasteiger partial charge in [-0.1, -0.05) is 36.4 Å². The molecule has 132 valence electrons. The number of ether oxygens (including phenoxy) is 1. The van der Waals surface area contributed by atoms with Gasteiger partial charge in [0, 0.05) is 13.2 Å². The molecule has 2 aromatic heterocycles. The van der Waals surface area contributed by atoms with Crippen LogP contribution in [0.1, 0.15) is 26.0 Å². The molecule has 25 heavy (non-hydrogen) atoms. The Hall–Kier alpha value is -1.44. The zero-order chi connectivity index (χ0) is 17.6. The molecule has 0 amide bonds. The molecular weight excluding hydrogens is 363 g/mol. The zero-order valence-corrected chi connectivity index (χ0v) is 15.6. The van der Waals surface area contributed by atoms with Crippen molar-refractivity contribution in [1.82, 2.24) is 15.0 Å². The molecule has 0 spiro atoms. The van der Waals surface area contributed by atoms with Gasteiger partial charge in [0.1, 0.15) is 11.3 Å². The summed E-state index contributed by atoms with van der Waals surface area (Å²) in [4.78, 5) is 15.7. The van der Waals surface area contributed by atoms with Crippen LogP contribution in [-0.4, -0.2) is 46.5 Å². The summed E-state index contributed by atoms with van der Waals surface area (Å²) in [6.45, 7) is 6.06. The highest BCUT2D eigenvalue weighted by atomic mass is 35.5. The lowest BCUT2D eigenvalue weighted by molar-refractivity contribution is 0.142. The lowest BCUT2D eigenvalue weighted by Gasteiger charge is -2.28. The average Bonchev–Trinajstić information content (AvgIpc) is 2.87. The Morgan fingerprint density at radius 1 is 1.40 bits per heavy atom. The zero-order valence-electron chi connectivity index (χ0n) is 14.1. The number of pyridine rings is 1. The van der Waals surface area contributed by atoms with Crippen molar-refractivity contribution >= 4 is 45.7 Å². The van der Waals surface area contributed by atoms with Gasteiger partial charge in [-0.15, -0.1) is 0 Å². The van der Waals surface area contributed by atoms with Crippen LogP contribution in [0.15, 0.2) is 11.2 Å². The summed E-state index contributed by atoms with van der Waals surface area (Å²) < 4.78 is 20.5.